The number of aliphatic carboxylic acids is 1. The predicted molar refractivity (Wildman–Crippen MR) is 139 cm³/mol. The molecule has 3 aromatic heterocycles. The number of nitrogens with one attached hydrogen (secondary N) is 1. The number of ether oxygens (including phenoxy) is 1. The molecule has 0 radical (unpaired) electrons. The van der Waals surface area contributed by atoms with E-state index in [9.17, 15) is 40.7 Å². The van der Waals surface area contributed by atoms with Gasteiger partial charge in [-0.05, 0) is 36.2 Å². The molecule has 44 heavy (non-hydrogen) atoms. The first-order valence-electron chi connectivity index (χ1n) is 12.2. The fraction of sp³-hybridized carbons (Fsp3) is 0.192. The number of halogens is 6. The molecular formula is C26H18F6N6O6. The number of carbonyl (C=O) groups is 3. The number of rotatable bonds is 5. The van der Waals surface area contributed by atoms with Crippen LogP contribution in [0.15, 0.2) is 59.9 Å². The van der Waals surface area contributed by atoms with Crippen molar-refractivity contribution < 1.29 is 50.6 Å². The van der Waals surface area contributed by atoms with Crippen molar-refractivity contribution in [2.24, 2.45) is 0 Å². The number of anilines is 2. The summed E-state index contributed by atoms with van der Waals surface area (Å²) in [7, 11) is 0. The molecule has 12 nitrogen and oxygen atoms in total. The number of nitrogens with zero attached hydrogens (tertiary/aromatic N) is 5. The fourth-order valence-electron chi connectivity index (χ4n) is 3.89. The highest BCUT2D eigenvalue weighted by Gasteiger charge is 2.40. The van der Waals surface area contributed by atoms with Gasteiger partial charge in [0.05, 0.1) is 29.3 Å². The van der Waals surface area contributed by atoms with Gasteiger partial charge in [-0.15, -0.1) is 0 Å². The van der Waals surface area contributed by atoms with Crippen LogP contribution in [0.2, 0.25) is 0 Å². The Morgan fingerprint density at radius 3 is 2.32 bits per heavy atom. The van der Waals surface area contributed by atoms with Gasteiger partial charge in [0.2, 0.25) is 0 Å². The van der Waals surface area contributed by atoms with Gasteiger partial charge in [-0.3, -0.25) is 19.5 Å². The van der Waals surface area contributed by atoms with Crippen LogP contribution in [0.25, 0.3) is 11.2 Å². The number of fused-ring (bicyclic) bond motifs is 1. The number of aromatic nitrogens is 4. The molecule has 1 aliphatic heterocycles. The number of hydrogen-bond acceptors (Lipinski definition) is 8. The Labute approximate surface area is 241 Å². The summed E-state index contributed by atoms with van der Waals surface area (Å²) >= 11 is 0. The van der Waals surface area contributed by atoms with Crippen LogP contribution in [0.5, 0.6) is 11.5 Å². The van der Waals surface area contributed by atoms with Crippen LogP contribution < -0.4 is 20.1 Å². The van der Waals surface area contributed by atoms with Crippen molar-refractivity contribution >= 4 is 40.4 Å². The van der Waals surface area contributed by atoms with Crippen LogP contribution in [-0.2, 0) is 22.2 Å². The summed E-state index contributed by atoms with van der Waals surface area (Å²) in [4.78, 5) is 62.4. The SMILES string of the molecule is CCc1cc(N2C(=O)CN(c3cncc(C(F)(F)F)c3)C2=O)ccc1Oc1ccnc2[nH]c(=O)cnc12.O=C(O)C(F)(F)F. The zero-order valence-electron chi connectivity index (χ0n) is 22.1. The predicted octanol–water partition coefficient (Wildman–Crippen LogP) is 4.69. The molecule has 5 rings (SSSR count). The van der Waals surface area contributed by atoms with Crippen LogP contribution in [0.4, 0.5) is 42.5 Å². The van der Waals surface area contributed by atoms with Crippen LogP contribution in [-0.4, -0.2) is 55.7 Å². The first kappa shape index (κ1) is 31.4. The number of pyridine rings is 2. The highest BCUT2D eigenvalue weighted by molar-refractivity contribution is 6.27. The molecular weight excluding hydrogens is 606 g/mol. The van der Waals surface area contributed by atoms with Crippen molar-refractivity contribution in [1.29, 1.82) is 0 Å². The molecule has 0 atom stereocenters. The molecule has 18 heteroatoms. The molecule has 1 aromatic carbocycles. The second-order valence-electron chi connectivity index (χ2n) is 8.83. The van der Waals surface area contributed by atoms with Crippen LogP contribution in [0.1, 0.15) is 18.1 Å². The zero-order valence-corrected chi connectivity index (χ0v) is 22.1. The summed E-state index contributed by atoms with van der Waals surface area (Å²) in [6.45, 7) is 1.41. The topological polar surface area (TPSA) is 159 Å². The smallest absolute Gasteiger partial charge is 0.475 e. The van der Waals surface area contributed by atoms with Gasteiger partial charge in [0.1, 0.15) is 17.8 Å². The maximum Gasteiger partial charge on any atom is 0.490 e. The molecule has 0 unspecified atom stereocenters. The number of alkyl halides is 6. The molecule has 0 bridgehead atoms. The lowest BCUT2D eigenvalue weighted by atomic mass is 10.1. The number of H-pyrrole nitrogens is 1. The molecule has 0 spiro atoms. The minimum absolute atomic E-state index is 0.138. The van der Waals surface area contributed by atoms with E-state index in [1.54, 1.807) is 18.2 Å². The van der Waals surface area contributed by atoms with Crippen molar-refractivity contribution in [2.75, 3.05) is 16.3 Å². The van der Waals surface area contributed by atoms with Crippen LogP contribution in [0.3, 0.4) is 0 Å². The molecule has 230 valence electrons. The van der Waals surface area contributed by atoms with Gasteiger partial charge in [-0.25, -0.2) is 24.5 Å². The van der Waals surface area contributed by atoms with Crippen molar-refractivity contribution in [2.45, 2.75) is 25.7 Å². The molecule has 0 saturated carbocycles. The molecule has 1 fully saturated rings. The maximum absolute atomic E-state index is 13.1. The van der Waals surface area contributed by atoms with Crippen LogP contribution >= 0.6 is 0 Å². The molecule has 2 N–H and O–H groups in total. The van der Waals surface area contributed by atoms with E-state index in [1.807, 2.05) is 6.92 Å². The summed E-state index contributed by atoms with van der Waals surface area (Å²) in [5.74, 6) is -2.61. The largest absolute Gasteiger partial charge is 0.490 e. The Morgan fingerprint density at radius 1 is 0.977 bits per heavy atom. The van der Waals surface area contributed by atoms with Gasteiger partial charge >= 0.3 is 24.4 Å². The van der Waals surface area contributed by atoms with Crippen molar-refractivity contribution in [3.8, 4) is 11.5 Å². The fourth-order valence-corrected chi connectivity index (χ4v) is 3.89. The highest BCUT2D eigenvalue weighted by atomic mass is 19.4. The minimum Gasteiger partial charge on any atom is -0.475 e. The molecule has 0 aliphatic carbocycles. The molecule has 3 amide bonds. The quantitative estimate of drug-likeness (QED) is 0.237. The third kappa shape index (κ3) is 6.74. The number of carboxylic acid groups (broad SMARTS) is 1. The van der Waals surface area contributed by atoms with Gasteiger partial charge in [0, 0.05) is 18.5 Å². The van der Waals surface area contributed by atoms with Gasteiger partial charge in [0.25, 0.3) is 11.5 Å². The minimum atomic E-state index is -5.08. The van der Waals surface area contributed by atoms with E-state index in [2.05, 4.69) is 19.9 Å². The number of hydrogen-bond donors (Lipinski definition) is 2. The van der Waals surface area contributed by atoms with Gasteiger partial charge in [0.15, 0.2) is 11.4 Å². The monoisotopic (exact) mass is 624 g/mol. The number of urea groups is 1. The summed E-state index contributed by atoms with van der Waals surface area (Å²) in [6.07, 6.45) is -4.96. The summed E-state index contributed by atoms with van der Waals surface area (Å²) < 4.78 is 77.0. The third-order valence-electron chi connectivity index (χ3n) is 5.91. The van der Waals surface area contributed by atoms with E-state index in [0.29, 0.717) is 35.2 Å². The van der Waals surface area contributed by atoms with E-state index in [-0.39, 0.29) is 17.0 Å². The molecule has 1 saturated heterocycles. The number of carboxylic acids is 1. The lowest BCUT2D eigenvalue weighted by Crippen LogP contribution is -2.33. The Kier molecular flexibility index (Phi) is 8.54. The van der Waals surface area contributed by atoms with E-state index in [4.69, 9.17) is 14.6 Å². The maximum atomic E-state index is 13.1. The average molecular weight is 624 g/mol. The second-order valence-corrected chi connectivity index (χ2v) is 8.83. The molecule has 4 heterocycles. The van der Waals surface area contributed by atoms with E-state index in [1.165, 1.54) is 12.3 Å². The molecule has 4 aromatic rings. The van der Waals surface area contributed by atoms with Crippen molar-refractivity contribution in [3.63, 3.8) is 0 Å². The van der Waals surface area contributed by atoms with Crippen LogP contribution in [0, 0.1) is 0 Å². The van der Waals surface area contributed by atoms with Gasteiger partial charge < -0.3 is 14.8 Å². The number of aryl methyl sites for hydroxylation is 1. The highest BCUT2D eigenvalue weighted by Crippen LogP contribution is 2.35. The summed E-state index contributed by atoms with van der Waals surface area (Å²) in [5.41, 5.74) is -0.108. The van der Waals surface area contributed by atoms with Gasteiger partial charge in [-0.1, -0.05) is 6.92 Å². The third-order valence-corrected chi connectivity index (χ3v) is 5.91. The van der Waals surface area contributed by atoms with Crippen molar-refractivity contribution in [3.05, 3.63) is 76.6 Å². The lowest BCUT2D eigenvalue weighted by molar-refractivity contribution is -0.192. The summed E-state index contributed by atoms with van der Waals surface area (Å²) in [6, 6.07) is 6.22. The number of aromatic amines is 1. The standard InChI is InChI=1S/C24H17F3N6O4.C2HF3O2/c1-2-13-7-15(3-4-17(13)37-18-5-6-29-22-21(18)30-11-19(34)31-22)33-20(35)12-32(23(33)36)16-8-14(9-28-10-16)24(25,26)27;3-2(4,5)1(6)7/h3-11H,2,12H2,1H3,(H,29,31,34);(H,6,7). The molecule has 1 aliphatic rings. The number of benzene rings is 1. The van der Waals surface area contributed by atoms with Crippen molar-refractivity contribution in [1.82, 2.24) is 19.9 Å². The van der Waals surface area contributed by atoms with E-state index < -0.39 is 47.9 Å². The number of imide groups is 1. The number of amides is 3. The van der Waals surface area contributed by atoms with Gasteiger partial charge in [-0.2, -0.15) is 26.3 Å². The normalized spacial score (nSPS) is 13.6. The summed E-state index contributed by atoms with van der Waals surface area (Å²) in [5, 5.41) is 7.12. The first-order valence-corrected chi connectivity index (χ1v) is 12.2. The Hall–Kier alpha value is -5.55. The Bertz CT molecular complexity index is 1810. The van der Waals surface area contributed by atoms with E-state index in [0.717, 1.165) is 28.3 Å². The second kappa shape index (κ2) is 12.0. The average Bonchev–Trinajstić information content (AvgIpc) is 3.26. The van der Waals surface area contributed by atoms with E-state index >= 15 is 0 Å². The Morgan fingerprint density at radius 2 is 1.68 bits per heavy atom. The Balaban J connectivity index is 0.000000566. The lowest BCUT2D eigenvalue weighted by Gasteiger charge is -2.19. The first-order chi connectivity index (χ1) is 20.6. The zero-order chi connectivity index (χ0) is 32.4. The number of carbonyl (C=O) groups excluding carboxylic acids is 2.